The number of halogens is 1. The lowest BCUT2D eigenvalue weighted by Gasteiger charge is -2.07. The minimum atomic E-state index is 0.937. The highest BCUT2D eigenvalue weighted by Crippen LogP contribution is 2.26. The minimum Gasteiger partial charge on any atom is -0.497 e. The van der Waals surface area contributed by atoms with E-state index in [1.54, 1.807) is 7.11 Å². The first-order valence-electron chi connectivity index (χ1n) is 5.68. The van der Waals surface area contributed by atoms with Gasteiger partial charge in [-0.1, -0.05) is 35.7 Å². The molecule has 1 nitrogen and oxygen atoms in total. The second-order valence-corrected chi connectivity index (χ2v) is 5.68. The van der Waals surface area contributed by atoms with Gasteiger partial charge in [-0.05, 0) is 35.9 Å². The summed E-state index contributed by atoms with van der Waals surface area (Å²) in [6.07, 6.45) is 3.96. The minimum absolute atomic E-state index is 0.937. The highest BCUT2D eigenvalue weighted by atomic mass is 79.9. The Labute approximate surface area is 111 Å². The number of rotatable bonds is 7. The Morgan fingerprint density at radius 2 is 2.12 bits per heavy atom. The summed E-state index contributed by atoms with van der Waals surface area (Å²) in [5, 5.41) is 0. The van der Waals surface area contributed by atoms with Crippen LogP contribution in [0, 0.1) is 0 Å². The van der Waals surface area contributed by atoms with Crippen LogP contribution >= 0.6 is 27.7 Å². The van der Waals surface area contributed by atoms with Crippen molar-refractivity contribution >= 4 is 27.7 Å². The fourth-order valence-corrected chi connectivity index (χ4v) is 3.01. The monoisotopic (exact) mass is 302 g/mol. The maximum atomic E-state index is 5.22. The lowest BCUT2D eigenvalue weighted by Crippen LogP contribution is -1.89. The molecule has 0 N–H and O–H groups in total. The third-order valence-corrected chi connectivity index (χ3v) is 4.27. The molecule has 1 rings (SSSR count). The normalized spacial score (nSPS) is 10.4. The average Bonchev–Trinajstić information content (AvgIpc) is 2.31. The third-order valence-electron chi connectivity index (χ3n) is 2.40. The van der Waals surface area contributed by atoms with Crippen LogP contribution in [0.2, 0.25) is 0 Å². The van der Waals surface area contributed by atoms with Gasteiger partial charge < -0.3 is 4.74 Å². The Morgan fingerprint density at radius 1 is 1.31 bits per heavy atom. The molecule has 0 aliphatic heterocycles. The van der Waals surface area contributed by atoms with E-state index in [9.17, 15) is 0 Å². The van der Waals surface area contributed by atoms with Crippen LogP contribution in [-0.2, 0) is 5.75 Å². The van der Waals surface area contributed by atoms with Gasteiger partial charge in [0.25, 0.3) is 0 Å². The van der Waals surface area contributed by atoms with E-state index in [0.717, 1.165) is 11.5 Å². The van der Waals surface area contributed by atoms with Gasteiger partial charge in [0.05, 0.1) is 7.11 Å². The van der Waals surface area contributed by atoms with Gasteiger partial charge in [-0.15, -0.1) is 0 Å². The Bertz CT molecular complexity index is 315. The summed E-state index contributed by atoms with van der Waals surface area (Å²) in [5.74, 6) is 3.24. The Hall–Kier alpha value is -0.150. The van der Waals surface area contributed by atoms with E-state index in [2.05, 4.69) is 35.0 Å². The molecule has 0 saturated carbocycles. The second-order valence-electron chi connectivity index (χ2n) is 3.72. The van der Waals surface area contributed by atoms with Crippen molar-refractivity contribution in [2.75, 3.05) is 12.9 Å². The van der Waals surface area contributed by atoms with Gasteiger partial charge in [0.1, 0.15) is 5.75 Å². The molecular formula is C13H19BrOS. The maximum absolute atomic E-state index is 5.22. The predicted molar refractivity (Wildman–Crippen MR) is 76.4 cm³/mol. The van der Waals surface area contributed by atoms with E-state index in [4.69, 9.17) is 4.74 Å². The molecule has 1 aromatic carbocycles. The van der Waals surface area contributed by atoms with Gasteiger partial charge >= 0.3 is 0 Å². The molecule has 0 amide bonds. The summed E-state index contributed by atoms with van der Waals surface area (Å²) in [5.41, 5.74) is 1.32. The molecule has 0 spiro atoms. The Morgan fingerprint density at radius 3 is 2.81 bits per heavy atom. The fourth-order valence-electron chi connectivity index (χ4n) is 1.42. The zero-order chi connectivity index (χ0) is 11.8. The van der Waals surface area contributed by atoms with Crippen LogP contribution in [0.25, 0.3) is 0 Å². The van der Waals surface area contributed by atoms with Crippen LogP contribution < -0.4 is 4.74 Å². The second kappa shape index (κ2) is 8.02. The SMILES string of the molecule is CCCCCSCc1cc(OC)ccc1Br. The zero-order valence-corrected chi connectivity index (χ0v) is 12.4. The maximum Gasteiger partial charge on any atom is 0.119 e. The molecular weight excluding hydrogens is 284 g/mol. The molecule has 16 heavy (non-hydrogen) atoms. The first-order valence-corrected chi connectivity index (χ1v) is 7.63. The number of methoxy groups -OCH3 is 1. The number of unbranched alkanes of at least 4 members (excludes halogenated alkanes) is 2. The van der Waals surface area contributed by atoms with Crippen molar-refractivity contribution in [1.29, 1.82) is 0 Å². The van der Waals surface area contributed by atoms with Gasteiger partial charge in [-0.2, -0.15) is 11.8 Å². The van der Waals surface area contributed by atoms with Crippen molar-refractivity contribution in [3.8, 4) is 5.75 Å². The zero-order valence-electron chi connectivity index (χ0n) is 9.96. The molecule has 0 aliphatic carbocycles. The van der Waals surface area contributed by atoms with Crippen LogP contribution in [0.15, 0.2) is 22.7 Å². The van der Waals surface area contributed by atoms with Crippen molar-refractivity contribution in [3.63, 3.8) is 0 Å². The van der Waals surface area contributed by atoms with Crippen LogP contribution in [0.1, 0.15) is 31.7 Å². The van der Waals surface area contributed by atoms with E-state index in [1.165, 1.54) is 35.1 Å². The van der Waals surface area contributed by atoms with Crippen molar-refractivity contribution < 1.29 is 4.74 Å². The van der Waals surface area contributed by atoms with Crippen LogP contribution in [0.5, 0.6) is 5.75 Å². The molecule has 0 radical (unpaired) electrons. The van der Waals surface area contributed by atoms with E-state index in [0.29, 0.717) is 0 Å². The largest absolute Gasteiger partial charge is 0.497 e. The van der Waals surface area contributed by atoms with Gasteiger partial charge in [0, 0.05) is 10.2 Å². The summed E-state index contributed by atoms with van der Waals surface area (Å²) < 4.78 is 6.40. The fraction of sp³-hybridized carbons (Fsp3) is 0.538. The third kappa shape index (κ3) is 4.79. The molecule has 0 unspecified atom stereocenters. The lowest BCUT2D eigenvalue weighted by atomic mass is 10.2. The molecule has 0 saturated heterocycles. The smallest absolute Gasteiger partial charge is 0.119 e. The molecule has 0 atom stereocenters. The Kier molecular flexibility index (Phi) is 6.97. The van der Waals surface area contributed by atoms with E-state index in [1.807, 2.05) is 17.8 Å². The topological polar surface area (TPSA) is 9.23 Å². The number of hydrogen-bond donors (Lipinski definition) is 0. The molecule has 0 bridgehead atoms. The van der Waals surface area contributed by atoms with Crippen LogP contribution in [0.3, 0.4) is 0 Å². The number of ether oxygens (including phenoxy) is 1. The van der Waals surface area contributed by atoms with Gasteiger partial charge in [-0.25, -0.2) is 0 Å². The summed E-state index contributed by atoms with van der Waals surface area (Å²) in [7, 11) is 1.71. The molecule has 0 heterocycles. The summed E-state index contributed by atoms with van der Waals surface area (Å²) in [4.78, 5) is 0. The van der Waals surface area contributed by atoms with Gasteiger partial charge in [-0.3, -0.25) is 0 Å². The van der Waals surface area contributed by atoms with E-state index >= 15 is 0 Å². The molecule has 0 aromatic heterocycles. The number of hydrogen-bond acceptors (Lipinski definition) is 2. The van der Waals surface area contributed by atoms with Gasteiger partial charge in [0.2, 0.25) is 0 Å². The first kappa shape index (κ1) is 13.9. The molecule has 3 heteroatoms. The lowest BCUT2D eigenvalue weighted by molar-refractivity contribution is 0.414. The highest BCUT2D eigenvalue weighted by Gasteiger charge is 2.02. The first-order chi connectivity index (χ1) is 7.77. The molecule has 0 fully saturated rings. The van der Waals surface area contributed by atoms with E-state index < -0.39 is 0 Å². The molecule has 0 aliphatic rings. The van der Waals surface area contributed by atoms with Crippen molar-refractivity contribution in [2.45, 2.75) is 31.9 Å². The summed E-state index contributed by atoms with van der Waals surface area (Å²) in [6, 6.07) is 6.15. The van der Waals surface area contributed by atoms with Crippen molar-refractivity contribution in [2.24, 2.45) is 0 Å². The summed E-state index contributed by atoms with van der Waals surface area (Å²) in [6.45, 7) is 2.24. The van der Waals surface area contributed by atoms with Crippen molar-refractivity contribution in [1.82, 2.24) is 0 Å². The summed E-state index contributed by atoms with van der Waals surface area (Å²) >= 11 is 5.57. The molecule has 1 aromatic rings. The number of thioether (sulfide) groups is 1. The average molecular weight is 303 g/mol. The van der Waals surface area contributed by atoms with Crippen molar-refractivity contribution in [3.05, 3.63) is 28.2 Å². The quantitative estimate of drug-likeness (QED) is 0.664. The standard InChI is InChI=1S/C13H19BrOS/c1-3-4-5-8-16-10-11-9-12(15-2)6-7-13(11)14/h6-7,9H,3-5,8,10H2,1-2H3. The van der Waals surface area contributed by atoms with Crippen LogP contribution in [0.4, 0.5) is 0 Å². The highest BCUT2D eigenvalue weighted by molar-refractivity contribution is 9.10. The molecule has 90 valence electrons. The Balaban J connectivity index is 2.40. The van der Waals surface area contributed by atoms with E-state index in [-0.39, 0.29) is 0 Å². The predicted octanol–water partition coefficient (Wildman–Crippen LogP) is 4.88. The van der Waals surface area contributed by atoms with Gasteiger partial charge in [0.15, 0.2) is 0 Å². The van der Waals surface area contributed by atoms with Crippen LogP contribution in [-0.4, -0.2) is 12.9 Å². The number of benzene rings is 1.